The molecule has 14 heteroatoms. The second-order valence-corrected chi connectivity index (χ2v) is 11.7. The van der Waals surface area contributed by atoms with Gasteiger partial charge >= 0.3 is 6.18 Å². The van der Waals surface area contributed by atoms with E-state index in [-0.39, 0.29) is 36.7 Å². The van der Waals surface area contributed by atoms with E-state index in [1.165, 1.54) is 18.2 Å². The fraction of sp³-hybridized carbons (Fsp3) is 0.235. The Bertz CT molecular complexity index is 1820. The van der Waals surface area contributed by atoms with Crippen LogP contribution in [0.1, 0.15) is 40.3 Å². The summed E-state index contributed by atoms with van der Waals surface area (Å²) in [6.45, 7) is -0.0128. The number of rotatable bonds is 13. The number of azide groups is 1. The monoisotopic (exact) mass is 722 g/mol. The zero-order valence-corrected chi connectivity index (χ0v) is 26.9. The number of hydrogen-bond acceptors (Lipinski definition) is 7. The lowest BCUT2D eigenvalue weighted by Crippen LogP contribution is -2.53. The Hall–Kier alpha value is -4.88. The highest BCUT2D eigenvalue weighted by molar-refractivity contribution is 9.10. The number of halogens is 4. The summed E-state index contributed by atoms with van der Waals surface area (Å²) >= 11 is 3.43. The Balaban J connectivity index is 1.56. The van der Waals surface area contributed by atoms with Gasteiger partial charge in [0.1, 0.15) is 5.75 Å². The van der Waals surface area contributed by atoms with Gasteiger partial charge in [-0.2, -0.15) is 13.2 Å². The van der Waals surface area contributed by atoms with Crippen molar-refractivity contribution in [2.24, 2.45) is 10.1 Å². The van der Waals surface area contributed by atoms with Gasteiger partial charge in [-0.1, -0.05) is 75.6 Å². The van der Waals surface area contributed by atoms with Gasteiger partial charge in [-0.15, -0.1) is 0 Å². The van der Waals surface area contributed by atoms with Crippen LogP contribution >= 0.6 is 15.9 Å². The Morgan fingerprint density at radius 2 is 1.75 bits per heavy atom. The Kier molecular flexibility index (Phi) is 11.0. The molecule has 0 saturated carbocycles. The van der Waals surface area contributed by atoms with E-state index in [0.29, 0.717) is 35.5 Å². The van der Waals surface area contributed by atoms with Crippen LogP contribution in [0.25, 0.3) is 10.4 Å². The second kappa shape index (κ2) is 15.3. The number of nitrogens with one attached hydrogen (secondary N) is 2. The van der Waals surface area contributed by atoms with E-state index in [2.05, 4.69) is 36.8 Å². The van der Waals surface area contributed by atoms with E-state index < -0.39 is 29.3 Å². The summed E-state index contributed by atoms with van der Waals surface area (Å²) in [7, 11) is 0. The molecule has 1 aliphatic rings. The van der Waals surface area contributed by atoms with Crippen molar-refractivity contribution in [2.45, 2.75) is 37.2 Å². The number of nitrogens with zero attached hydrogens (tertiary/aromatic N) is 4. The predicted octanol–water partition coefficient (Wildman–Crippen LogP) is 7.49. The van der Waals surface area contributed by atoms with Crippen LogP contribution < -0.4 is 15.6 Å². The Morgan fingerprint density at radius 3 is 2.46 bits per heavy atom. The van der Waals surface area contributed by atoms with Crippen molar-refractivity contribution in [3.05, 3.63) is 140 Å². The number of alkyl halides is 3. The molecular weight excluding hydrogens is 693 g/mol. The van der Waals surface area contributed by atoms with Crippen molar-refractivity contribution in [1.29, 1.82) is 0 Å². The SMILES string of the molecule is [N-]=[N+]=Nc1ccccc1[C@@H]1OC(c2ccc(OCCCO)cc2)=N[C@]1(Cc1ccc(Br)cc1)C(=O)NNCc1ccccc1C(F)(F)F. The summed E-state index contributed by atoms with van der Waals surface area (Å²) in [5.41, 5.74) is 13.8. The smallest absolute Gasteiger partial charge is 0.416 e. The van der Waals surface area contributed by atoms with Crippen molar-refractivity contribution < 1.29 is 32.5 Å². The number of carbonyl (C=O) groups excluding carboxylic acids is 1. The number of hydrazine groups is 1. The summed E-state index contributed by atoms with van der Waals surface area (Å²) in [6.07, 6.45) is -5.23. The van der Waals surface area contributed by atoms with E-state index in [4.69, 9.17) is 19.6 Å². The molecule has 0 fully saturated rings. The maximum Gasteiger partial charge on any atom is 0.416 e. The number of ether oxygens (including phenoxy) is 2. The topological polar surface area (TPSA) is 141 Å². The van der Waals surface area contributed by atoms with Crippen LogP contribution in [0.2, 0.25) is 0 Å². The molecule has 0 spiro atoms. The first kappa shape index (κ1) is 34.5. The third-order valence-electron chi connectivity index (χ3n) is 7.59. The highest BCUT2D eigenvalue weighted by Gasteiger charge is 2.54. The summed E-state index contributed by atoms with van der Waals surface area (Å²) in [5, 5.41) is 12.9. The van der Waals surface area contributed by atoms with Crippen molar-refractivity contribution in [3.63, 3.8) is 0 Å². The zero-order chi connectivity index (χ0) is 34.1. The number of carbonyl (C=O) groups is 1. The van der Waals surface area contributed by atoms with Crippen LogP contribution in [0.5, 0.6) is 5.75 Å². The summed E-state index contributed by atoms with van der Waals surface area (Å²) in [4.78, 5) is 22.2. The molecule has 2 atom stereocenters. The number of aliphatic hydroxyl groups is 1. The lowest BCUT2D eigenvalue weighted by Gasteiger charge is -2.31. The largest absolute Gasteiger partial charge is 0.494 e. The van der Waals surface area contributed by atoms with Crippen LogP contribution in [0, 0.1) is 0 Å². The maximum absolute atomic E-state index is 14.4. The standard InChI is InChI=1S/C34H30BrF3N6O4/c35-25-14-10-22(11-15-25)20-33(32(46)43-40-21-24-6-1-3-8-28(24)34(36,37)38)30(27-7-2-4-9-29(27)42-44-39)48-31(41-33)23-12-16-26(17-13-23)47-19-5-18-45/h1-4,6-17,30,40,45H,5,18-21H2,(H,43,46)/t30-,33-/m0/s1. The minimum absolute atomic E-state index is 0.00630. The van der Waals surface area contributed by atoms with Crippen molar-refractivity contribution in [3.8, 4) is 5.75 Å². The van der Waals surface area contributed by atoms with Crippen molar-refractivity contribution in [1.82, 2.24) is 10.9 Å². The molecule has 248 valence electrons. The molecule has 0 radical (unpaired) electrons. The lowest BCUT2D eigenvalue weighted by atomic mass is 9.81. The quantitative estimate of drug-likeness (QED) is 0.0431. The van der Waals surface area contributed by atoms with Crippen LogP contribution in [0.4, 0.5) is 18.9 Å². The first-order valence-electron chi connectivity index (χ1n) is 14.8. The molecule has 3 N–H and O–H groups in total. The molecule has 5 rings (SSSR count). The minimum atomic E-state index is -4.58. The Morgan fingerprint density at radius 1 is 1.04 bits per heavy atom. The van der Waals surface area contributed by atoms with Gasteiger partial charge in [-0.25, -0.2) is 10.4 Å². The van der Waals surface area contributed by atoms with E-state index in [1.807, 2.05) is 24.3 Å². The molecule has 1 heterocycles. The van der Waals surface area contributed by atoms with Gasteiger partial charge in [0.25, 0.3) is 5.91 Å². The first-order valence-corrected chi connectivity index (χ1v) is 15.6. The van der Waals surface area contributed by atoms with Gasteiger partial charge in [0.2, 0.25) is 5.90 Å². The molecular formula is C34H30BrF3N6O4. The normalized spacial score (nSPS) is 17.2. The molecule has 0 bridgehead atoms. The van der Waals surface area contributed by atoms with Crippen LogP contribution in [-0.2, 0) is 28.7 Å². The second-order valence-electron chi connectivity index (χ2n) is 10.8. The number of aliphatic imine (C=N–C) groups is 1. The zero-order valence-electron chi connectivity index (χ0n) is 25.3. The summed E-state index contributed by atoms with van der Waals surface area (Å²) < 4.78 is 53.9. The van der Waals surface area contributed by atoms with Crippen molar-refractivity contribution in [2.75, 3.05) is 13.2 Å². The number of hydrogen-bond donors (Lipinski definition) is 3. The summed E-state index contributed by atoms with van der Waals surface area (Å²) in [6, 6.07) is 25.8. The molecule has 48 heavy (non-hydrogen) atoms. The summed E-state index contributed by atoms with van der Waals surface area (Å²) in [5.74, 6) is -0.0137. The molecule has 4 aromatic rings. The van der Waals surface area contributed by atoms with Crippen LogP contribution in [-0.4, -0.2) is 35.7 Å². The molecule has 0 unspecified atom stereocenters. The van der Waals surface area contributed by atoms with Crippen molar-refractivity contribution >= 4 is 33.4 Å². The minimum Gasteiger partial charge on any atom is -0.494 e. The molecule has 4 aromatic carbocycles. The average molecular weight is 724 g/mol. The van der Waals surface area contributed by atoms with Gasteiger partial charge in [0.05, 0.1) is 12.2 Å². The average Bonchev–Trinajstić information content (AvgIpc) is 3.46. The lowest BCUT2D eigenvalue weighted by molar-refractivity contribution is -0.138. The van der Waals surface area contributed by atoms with E-state index in [1.54, 1.807) is 48.5 Å². The van der Waals surface area contributed by atoms with Crippen LogP contribution in [0.3, 0.4) is 0 Å². The number of aliphatic hydroxyl groups excluding tert-OH is 1. The third kappa shape index (κ3) is 7.97. The van der Waals surface area contributed by atoms with Gasteiger partial charge in [-0.3, -0.25) is 10.2 Å². The first-order chi connectivity index (χ1) is 23.1. The molecule has 1 amide bonds. The highest BCUT2D eigenvalue weighted by atomic mass is 79.9. The number of amides is 1. The molecule has 1 aliphatic heterocycles. The van der Waals surface area contributed by atoms with Gasteiger partial charge in [-0.05, 0) is 59.1 Å². The van der Waals surface area contributed by atoms with E-state index in [0.717, 1.165) is 10.5 Å². The Labute approximate surface area is 282 Å². The fourth-order valence-corrected chi connectivity index (χ4v) is 5.56. The maximum atomic E-state index is 14.4. The molecule has 0 aromatic heterocycles. The highest BCUT2D eigenvalue weighted by Crippen LogP contribution is 2.45. The van der Waals surface area contributed by atoms with Gasteiger partial charge < -0.3 is 14.6 Å². The fourth-order valence-electron chi connectivity index (χ4n) is 5.30. The number of benzene rings is 4. The van der Waals surface area contributed by atoms with Gasteiger partial charge in [0.15, 0.2) is 11.6 Å². The molecule has 0 aliphatic carbocycles. The molecule has 0 saturated heterocycles. The third-order valence-corrected chi connectivity index (χ3v) is 8.12. The van der Waals surface area contributed by atoms with Crippen LogP contribution in [0.15, 0.2) is 112 Å². The van der Waals surface area contributed by atoms with Gasteiger partial charge in [0, 0.05) is 52.2 Å². The van der Waals surface area contributed by atoms with E-state index >= 15 is 0 Å². The van der Waals surface area contributed by atoms with E-state index in [9.17, 15) is 23.5 Å². The predicted molar refractivity (Wildman–Crippen MR) is 176 cm³/mol. The molecule has 10 nitrogen and oxygen atoms in total.